The van der Waals surface area contributed by atoms with Crippen molar-refractivity contribution < 1.29 is 9.53 Å². The van der Waals surface area contributed by atoms with E-state index in [1.165, 1.54) is 0 Å². The number of carbonyl (C=O) groups is 1. The number of aldehydes is 1. The second-order valence-corrected chi connectivity index (χ2v) is 6.54. The molecule has 0 radical (unpaired) electrons. The second kappa shape index (κ2) is 8.88. The molecule has 132 valence electrons. The van der Waals surface area contributed by atoms with E-state index in [9.17, 15) is 4.79 Å². The summed E-state index contributed by atoms with van der Waals surface area (Å²) < 4.78 is 5.74. The van der Waals surface area contributed by atoms with Crippen LogP contribution in [0.5, 0.6) is 5.75 Å². The molecule has 1 aliphatic heterocycles. The molecule has 1 heterocycles. The van der Waals surface area contributed by atoms with Crippen LogP contribution in [0, 0.1) is 0 Å². The molecule has 4 nitrogen and oxygen atoms in total. The van der Waals surface area contributed by atoms with E-state index >= 15 is 0 Å². The first-order valence-electron chi connectivity index (χ1n) is 8.67. The third-order valence-corrected chi connectivity index (χ3v) is 4.81. The van der Waals surface area contributed by atoms with Crippen molar-refractivity contribution in [3.63, 3.8) is 0 Å². The van der Waals surface area contributed by atoms with Crippen LogP contribution < -0.4 is 9.64 Å². The van der Waals surface area contributed by atoms with Crippen molar-refractivity contribution in [1.29, 1.82) is 0 Å². The van der Waals surface area contributed by atoms with Gasteiger partial charge in [0.05, 0.1) is 22.9 Å². The maximum atomic E-state index is 11.0. The van der Waals surface area contributed by atoms with Crippen molar-refractivity contribution in [3.8, 4) is 5.75 Å². The van der Waals surface area contributed by atoms with Gasteiger partial charge in [-0.15, -0.1) is 0 Å². The molecular weight excluding hydrogens is 336 g/mol. The summed E-state index contributed by atoms with van der Waals surface area (Å²) in [6.45, 7) is 5.64. The van der Waals surface area contributed by atoms with Crippen molar-refractivity contribution in [1.82, 2.24) is 4.90 Å². The van der Waals surface area contributed by atoms with E-state index in [0.717, 1.165) is 56.1 Å². The van der Waals surface area contributed by atoms with Crippen LogP contribution in [0.2, 0.25) is 5.02 Å². The van der Waals surface area contributed by atoms with E-state index in [0.29, 0.717) is 17.9 Å². The van der Waals surface area contributed by atoms with Crippen molar-refractivity contribution in [2.45, 2.75) is 6.42 Å². The minimum absolute atomic E-state index is 0.607. The molecule has 1 saturated heterocycles. The maximum absolute atomic E-state index is 11.0. The van der Waals surface area contributed by atoms with Gasteiger partial charge in [0.1, 0.15) is 5.75 Å². The van der Waals surface area contributed by atoms with Gasteiger partial charge in [0.15, 0.2) is 6.29 Å². The Morgan fingerprint density at radius 3 is 2.48 bits per heavy atom. The number of hydrogen-bond acceptors (Lipinski definition) is 4. The van der Waals surface area contributed by atoms with Crippen LogP contribution >= 0.6 is 11.6 Å². The lowest BCUT2D eigenvalue weighted by Gasteiger charge is -2.36. The summed E-state index contributed by atoms with van der Waals surface area (Å²) in [7, 11) is 0. The smallest absolute Gasteiger partial charge is 0.153 e. The summed E-state index contributed by atoms with van der Waals surface area (Å²) >= 11 is 6.28. The van der Waals surface area contributed by atoms with Gasteiger partial charge in [0.2, 0.25) is 0 Å². The molecule has 0 unspecified atom stereocenters. The molecule has 2 aromatic carbocycles. The van der Waals surface area contributed by atoms with E-state index in [-0.39, 0.29) is 0 Å². The predicted octanol–water partition coefficient (Wildman–Crippen LogP) is 3.74. The fraction of sp³-hybridized carbons (Fsp3) is 0.350. The Bertz CT molecular complexity index is 700. The summed E-state index contributed by atoms with van der Waals surface area (Å²) in [4.78, 5) is 15.8. The quantitative estimate of drug-likeness (QED) is 0.557. The normalized spacial score (nSPS) is 15.2. The van der Waals surface area contributed by atoms with Gasteiger partial charge in [0.25, 0.3) is 0 Å². The van der Waals surface area contributed by atoms with Gasteiger partial charge in [-0.1, -0.05) is 35.9 Å². The Morgan fingerprint density at radius 2 is 1.72 bits per heavy atom. The number of hydrogen-bond donors (Lipinski definition) is 0. The Labute approximate surface area is 154 Å². The van der Waals surface area contributed by atoms with E-state index in [1.54, 1.807) is 6.07 Å². The van der Waals surface area contributed by atoms with E-state index < -0.39 is 0 Å². The van der Waals surface area contributed by atoms with Crippen LogP contribution in [-0.4, -0.2) is 50.5 Å². The Balaban J connectivity index is 1.40. The average molecular weight is 359 g/mol. The first-order valence-corrected chi connectivity index (χ1v) is 9.04. The van der Waals surface area contributed by atoms with Crippen LogP contribution in [0.4, 0.5) is 5.69 Å². The van der Waals surface area contributed by atoms with Gasteiger partial charge in [-0.2, -0.15) is 0 Å². The SMILES string of the molecule is O=Cc1ccccc1OCCCN1CCN(c2ccccc2Cl)CC1. The molecule has 0 amide bonds. The lowest BCUT2D eigenvalue weighted by atomic mass is 10.2. The third kappa shape index (κ3) is 4.74. The lowest BCUT2D eigenvalue weighted by Crippen LogP contribution is -2.46. The predicted molar refractivity (Wildman–Crippen MR) is 102 cm³/mol. The zero-order chi connectivity index (χ0) is 17.5. The number of nitrogens with zero attached hydrogens (tertiary/aromatic N) is 2. The minimum atomic E-state index is 0.607. The van der Waals surface area contributed by atoms with Gasteiger partial charge in [-0.25, -0.2) is 0 Å². The maximum Gasteiger partial charge on any atom is 0.153 e. The van der Waals surface area contributed by atoms with Gasteiger partial charge in [-0.05, 0) is 30.7 Å². The first-order chi connectivity index (χ1) is 12.3. The zero-order valence-electron chi connectivity index (χ0n) is 14.2. The number of piperazine rings is 1. The molecular formula is C20H23ClN2O2. The molecule has 3 rings (SSSR count). The van der Waals surface area contributed by atoms with Crippen molar-refractivity contribution in [2.24, 2.45) is 0 Å². The largest absolute Gasteiger partial charge is 0.493 e. The minimum Gasteiger partial charge on any atom is -0.493 e. The highest BCUT2D eigenvalue weighted by Gasteiger charge is 2.18. The van der Waals surface area contributed by atoms with E-state index in [1.807, 2.05) is 36.4 Å². The molecule has 0 aromatic heterocycles. The Hall–Kier alpha value is -2.04. The number of para-hydroxylation sites is 2. The molecule has 25 heavy (non-hydrogen) atoms. The first kappa shape index (κ1) is 17.8. The third-order valence-electron chi connectivity index (χ3n) is 4.49. The van der Waals surface area contributed by atoms with Gasteiger partial charge >= 0.3 is 0 Å². The number of anilines is 1. The average Bonchev–Trinajstić information content (AvgIpc) is 2.66. The highest BCUT2D eigenvalue weighted by Crippen LogP contribution is 2.26. The lowest BCUT2D eigenvalue weighted by molar-refractivity contribution is 0.111. The molecule has 1 aliphatic rings. The molecule has 5 heteroatoms. The van der Waals surface area contributed by atoms with Crippen molar-refractivity contribution in [2.75, 3.05) is 44.2 Å². The monoisotopic (exact) mass is 358 g/mol. The highest BCUT2D eigenvalue weighted by molar-refractivity contribution is 6.33. The van der Waals surface area contributed by atoms with Crippen molar-refractivity contribution in [3.05, 3.63) is 59.1 Å². The number of halogens is 1. The van der Waals surface area contributed by atoms with Gasteiger partial charge in [0, 0.05) is 32.7 Å². The summed E-state index contributed by atoms with van der Waals surface area (Å²) in [6, 6.07) is 15.4. The number of benzene rings is 2. The zero-order valence-corrected chi connectivity index (χ0v) is 15.0. The van der Waals surface area contributed by atoms with Crippen LogP contribution in [0.25, 0.3) is 0 Å². The molecule has 0 spiro atoms. The van der Waals surface area contributed by atoms with E-state index in [4.69, 9.17) is 16.3 Å². The van der Waals surface area contributed by atoms with Crippen LogP contribution in [0.15, 0.2) is 48.5 Å². The fourth-order valence-corrected chi connectivity index (χ4v) is 3.36. The summed E-state index contributed by atoms with van der Waals surface area (Å²) in [6.07, 6.45) is 1.78. The highest BCUT2D eigenvalue weighted by atomic mass is 35.5. The number of carbonyl (C=O) groups excluding carboxylic acids is 1. The summed E-state index contributed by atoms with van der Waals surface area (Å²) in [5, 5.41) is 0.818. The number of ether oxygens (including phenoxy) is 1. The molecule has 0 bridgehead atoms. The molecule has 0 saturated carbocycles. The number of rotatable bonds is 7. The summed E-state index contributed by atoms with van der Waals surface area (Å²) in [5.74, 6) is 0.668. The standard InChI is InChI=1S/C20H23ClN2O2/c21-18-7-2-3-8-19(18)23-13-11-22(12-14-23)10-5-15-25-20-9-4-1-6-17(20)16-24/h1-4,6-9,16H,5,10-15H2. The topological polar surface area (TPSA) is 32.8 Å². The van der Waals surface area contributed by atoms with Gasteiger partial charge in [-0.3, -0.25) is 9.69 Å². The summed E-state index contributed by atoms with van der Waals surface area (Å²) in [5.41, 5.74) is 1.73. The van der Waals surface area contributed by atoms with Gasteiger partial charge < -0.3 is 9.64 Å². The molecule has 0 aliphatic carbocycles. The molecule has 0 N–H and O–H groups in total. The molecule has 0 atom stereocenters. The van der Waals surface area contributed by atoms with E-state index in [2.05, 4.69) is 15.9 Å². The fourth-order valence-electron chi connectivity index (χ4n) is 3.10. The Morgan fingerprint density at radius 1 is 1.00 bits per heavy atom. The molecule has 1 fully saturated rings. The van der Waals surface area contributed by atoms with Crippen LogP contribution in [0.3, 0.4) is 0 Å². The second-order valence-electron chi connectivity index (χ2n) is 6.14. The Kier molecular flexibility index (Phi) is 6.31. The van der Waals surface area contributed by atoms with Crippen LogP contribution in [-0.2, 0) is 0 Å². The van der Waals surface area contributed by atoms with Crippen LogP contribution in [0.1, 0.15) is 16.8 Å². The molecule has 2 aromatic rings. The van der Waals surface area contributed by atoms with Crippen molar-refractivity contribution >= 4 is 23.6 Å².